The maximum atomic E-state index is 13.7. The van der Waals surface area contributed by atoms with Crippen molar-refractivity contribution in [1.82, 2.24) is 4.98 Å². The first-order valence-corrected chi connectivity index (χ1v) is 4.89. The van der Waals surface area contributed by atoms with Crippen LogP contribution in [0, 0.1) is 18.3 Å². The van der Waals surface area contributed by atoms with Crippen molar-refractivity contribution in [3.05, 3.63) is 35.5 Å². The van der Waals surface area contributed by atoms with Gasteiger partial charge in [0.2, 0.25) is 0 Å². The normalized spacial score (nSPS) is 11.6. The number of para-hydroxylation sites is 1. The van der Waals surface area contributed by atoms with E-state index < -0.39 is 12.3 Å². The summed E-state index contributed by atoms with van der Waals surface area (Å²) in [4.78, 5) is 2.90. The van der Waals surface area contributed by atoms with Gasteiger partial charge in [-0.3, -0.25) is 0 Å². The molecule has 1 aromatic carbocycles. The molecule has 1 N–H and O–H groups in total. The second-order valence-electron chi connectivity index (χ2n) is 3.71. The van der Waals surface area contributed by atoms with Gasteiger partial charge < -0.3 is 4.98 Å². The molecule has 0 atom stereocenters. The first kappa shape index (κ1) is 10.6. The Morgan fingerprint density at radius 1 is 1.38 bits per heavy atom. The predicted molar refractivity (Wildman–Crippen MR) is 57.2 cm³/mol. The van der Waals surface area contributed by atoms with Crippen molar-refractivity contribution in [1.29, 1.82) is 5.26 Å². The molecule has 2 rings (SSSR count). The van der Waals surface area contributed by atoms with E-state index in [1.54, 1.807) is 31.2 Å². The number of nitrogens with one attached hydrogen (secondary N) is 1. The Balaban J connectivity index is 2.69. The van der Waals surface area contributed by atoms with Crippen molar-refractivity contribution in [3.8, 4) is 6.07 Å². The van der Waals surface area contributed by atoms with Gasteiger partial charge in [0.05, 0.1) is 11.6 Å². The van der Waals surface area contributed by atoms with Gasteiger partial charge in [0.15, 0.2) is 0 Å². The Morgan fingerprint density at radius 2 is 2.06 bits per heavy atom. The molecule has 0 aliphatic heterocycles. The van der Waals surface area contributed by atoms with E-state index in [9.17, 15) is 8.78 Å². The van der Waals surface area contributed by atoms with Gasteiger partial charge in [-0.1, -0.05) is 18.2 Å². The number of hydrogen-bond acceptors (Lipinski definition) is 1. The van der Waals surface area contributed by atoms with Crippen LogP contribution in [0.3, 0.4) is 0 Å². The van der Waals surface area contributed by atoms with Crippen LogP contribution in [-0.4, -0.2) is 4.98 Å². The first-order valence-electron chi connectivity index (χ1n) is 4.89. The van der Waals surface area contributed by atoms with Gasteiger partial charge in [-0.2, -0.15) is 5.26 Å². The number of aryl methyl sites for hydroxylation is 1. The molecule has 0 amide bonds. The van der Waals surface area contributed by atoms with Crippen molar-refractivity contribution in [2.24, 2.45) is 0 Å². The summed E-state index contributed by atoms with van der Waals surface area (Å²) in [7, 11) is 0. The van der Waals surface area contributed by atoms with Crippen molar-refractivity contribution >= 4 is 10.9 Å². The van der Waals surface area contributed by atoms with Gasteiger partial charge >= 0.3 is 0 Å². The van der Waals surface area contributed by atoms with Gasteiger partial charge in [0, 0.05) is 16.6 Å². The number of aromatic nitrogens is 1. The molecule has 82 valence electrons. The van der Waals surface area contributed by atoms with Crippen LogP contribution in [0.5, 0.6) is 0 Å². The molecule has 0 bridgehead atoms. The van der Waals surface area contributed by atoms with Gasteiger partial charge in [-0.05, 0) is 13.0 Å². The van der Waals surface area contributed by atoms with Crippen LogP contribution in [0.1, 0.15) is 17.7 Å². The minimum atomic E-state index is -3.10. The zero-order valence-electron chi connectivity index (χ0n) is 8.72. The topological polar surface area (TPSA) is 39.6 Å². The Labute approximate surface area is 91.5 Å². The van der Waals surface area contributed by atoms with Crippen LogP contribution in [0.15, 0.2) is 24.3 Å². The Kier molecular flexibility index (Phi) is 2.39. The van der Waals surface area contributed by atoms with Crippen molar-refractivity contribution in [3.63, 3.8) is 0 Å². The third kappa shape index (κ3) is 1.54. The summed E-state index contributed by atoms with van der Waals surface area (Å²) in [5, 5.41) is 8.91. The van der Waals surface area contributed by atoms with Crippen LogP contribution < -0.4 is 0 Å². The molecule has 1 aromatic heterocycles. The molecule has 4 heteroatoms. The summed E-state index contributed by atoms with van der Waals surface area (Å²) in [6.07, 6.45) is -0.796. The van der Waals surface area contributed by atoms with E-state index in [1.165, 1.54) is 6.07 Å². The van der Waals surface area contributed by atoms with Crippen LogP contribution in [-0.2, 0) is 5.92 Å². The maximum Gasteiger partial charge on any atom is 0.288 e. The number of halogens is 2. The highest BCUT2D eigenvalue weighted by Gasteiger charge is 2.35. The molecule has 1 heterocycles. The summed E-state index contributed by atoms with van der Waals surface area (Å²) in [5.74, 6) is -3.10. The third-order valence-corrected chi connectivity index (χ3v) is 2.56. The Bertz CT molecular complexity index is 564. The lowest BCUT2D eigenvalue weighted by Crippen LogP contribution is -2.13. The number of alkyl halides is 2. The fourth-order valence-corrected chi connectivity index (χ4v) is 1.94. The summed E-state index contributed by atoms with van der Waals surface area (Å²) in [5.41, 5.74) is 1.03. The molecule has 0 saturated heterocycles. The second kappa shape index (κ2) is 3.60. The highest BCUT2D eigenvalue weighted by molar-refractivity contribution is 5.85. The second-order valence-corrected chi connectivity index (χ2v) is 3.71. The van der Waals surface area contributed by atoms with Gasteiger partial charge in [0.25, 0.3) is 5.92 Å². The molecule has 0 radical (unpaired) electrons. The standard InChI is InChI=1S/C12H10F2N2/c1-8-11(12(13,14)6-7-15)9-4-2-3-5-10(9)16-8/h2-5,16H,6H2,1H3. The molecule has 0 unspecified atom stereocenters. The van der Waals surface area contributed by atoms with Gasteiger partial charge in [0.1, 0.15) is 6.42 Å². The predicted octanol–water partition coefficient (Wildman–Crippen LogP) is 3.48. The lowest BCUT2D eigenvalue weighted by Gasteiger charge is -2.13. The molecule has 16 heavy (non-hydrogen) atoms. The van der Waals surface area contributed by atoms with Crippen molar-refractivity contribution in [2.75, 3.05) is 0 Å². The van der Waals surface area contributed by atoms with E-state index in [1.807, 2.05) is 0 Å². The Morgan fingerprint density at radius 3 is 2.75 bits per heavy atom. The number of benzene rings is 1. The number of H-pyrrole nitrogens is 1. The van der Waals surface area contributed by atoms with E-state index in [-0.39, 0.29) is 5.56 Å². The molecule has 2 aromatic rings. The zero-order chi connectivity index (χ0) is 11.8. The lowest BCUT2D eigenvalue weighted by molar-refractivity contribution is 0.00192. The average molecular weight is 220 g/mol. The number of nitrogens with zero attached hydrogens (tertiary/aromatic N) is 1. The summed E-state index contributed by atoms with van der Waals surface area (Å²) in [6, 6.07) is 8.40. The number of hydrogen-bond donors (Lipinski definition) is 1. The highest BCUT2D eigenvalue weighted by Crippen LogP contribution is 2.38. The first-order chi connectivity index (χ1) is 7.56. The van der Waals surface area contributed by atoms with E-state index in [2.05, 4.69) is 4.98 Å². The zero-order valence-corrected chi connectivity index (χ0v) is 8.72. The minimum absolute atomic E-state index is 0.0651. The number of nitriles is 1. The highest BCUT2D eigenvalue weighted by atomic mass is 19.3. The van der Waals surface area contributed by atoms with E-state index in [0.717, 1.165) is 0 Å². The van der Waals surface area contributed by atoms with E-state index >= 15 is 0 Å². The largest absolute Gasteiger partial charge is 0.358 e. The monoisotopic (exact) mass is 220 g/mol. The molecule has 0 aliphatic carbocycles. The fourth-order valence-electron chi connectivity index (χ4n) is 1.94. The maximum absolute atomic E-state index is 13.7. The fraction of sp³-hybridized carbons (Fsp3) is 0.250. The summed E-state index contributed by atoms with van der Waals surface area (Å²) >= 11 is 0. The molecule has 0 aliphatic rings. The molecule has 2 nitrogen and oxygen atoms in total. The third-order valence-electron chi connectivity index (χ3n) is 2.56. The number of rotatable bonds is 2. The molecule has 0 spiro atoms. The number of fused-ring (bicyclic) bond motifs is 1. The van der Waals surface area contributed by atoms with E-state index in [4.69, 9.17) is 5.26 Å². The number of aromatic amines is 1. The Hall–Kier alpha value is -1.89. The average Bonchev–Trinajstić information content (AvgIpc) is 2.53. The molecular formula is C12H10F2N2. The molecular weight excluding hydrogens is 210 g/mol. The summed E-state index contributed by atoms with van der Waals surface area (Å²) in [6.45, 7) is 1.60. The van der Waals surface area contributed by atoms with Crippen LogP contribution in [0.2, 0.25) is 0 Å². The molecule has 0 saturated carbocycles. The van der Waals surface area contributed by atoms with Crippen molar-refractivity contribution < 1.29 is 8.78 Å². The SMILES string of the molecule is Cc1[nH]c2ccccc2c1C(F)(F)CC#N. The van der Waals surface area contributed by atoms with Crippen LogP contribution >= 0.6 is 0 Å². The van der Waals surface area contributed by atoms with Crippen LogP contribution in [0.4, 0.5) is 8.78 Å². The summed E-state index contributed by atoms with van der Waals surface area (Å²) < 4.78 is 27.5. The van der Waals surface area contributed by atoms with Gasteiger partial charge in [-0.25, -0.2) is 8.78 Å². The smallest absolute Gasteiger partial charge is 0.288 e. The van der Waals surface area contributed by atoms with Gasteiger partial charge in [-0.15, -0.1) is 0 Å². The lowest BCUT2D eigenvalue weighted by atomic mass is 10.0. The molecule has 0 fully saturated rings. The minimum Gasteiger partial charge on any atom is -0.358 e. The van der Waals surface area contributed by atoms with Crippen LogP contribution in [0.25, 0.3) is 10.9 Å². The quantitative estimate of drug-likeness (QED) is 0.826. The van der Waals surface area contributed by atoms with Crippen molar-refractivity contribution in [2.45, 2.75) is 19.3 Å². The van der Waals surface area contributed by atoms with E-state index in [0.29, 0.717) is 16.6 Å².